The zero-order valence-corrected chi connectivity index (χ0v) is 15.7. The minimum Gasteiger partial charge on any atom is -0.462 e. The molecule has 0 unspecified atom stereocenters. The fourth-order valence-corrected chi connectivity index (χ4v) is 2.94. The third kappa shape index (κ3) is 3.67. The molecular formula is C19H14Cl2N2O4. The van der Waals surface area contributed by atoms with Gasteiger partial charge in [-0.3, -0.25) is 9.59 Å². The minimum atomic E-state index is -0.666. The molecule has 138 valence electrons. The van der Waals surface area contributed by atoms with E-state index in [1.807, 2.05) is 0 Å². The highest BCUT2D eigenvalue weighted by molar-refractivity contribution is 6.53. The van der Waals surface area contributed by atoms with Crippen LogP contribution in [-0.2, 0) is 14.3 Å². The van der Waals surface area contributed by atoms with Gasteiger partial charge in [-0.2, -0.15) is 0 Å². The smallest absolute Gasteiger partial charge is 0.338 e. The van der Waals surface area contributed by atoms with Crippen molar-refractivity contribution in [1.82, 2.24) is 0 Å². The average Bonchev–Trinajstić information content (AvgIpc) is 2.87. The van der Waals surface area contributed by atoms with Gasteiger partial charge in [-0.05, 0) is 43.3 Å². The standard InChI is InChI=1S/C19H14Cl2N2O4/c1-2-27-19(26)11-7-9-12(10-8-11)22-16-15(21)17(24)23(18(16)25)14-6-4-3-5-13(14)20/h3-10,22H,2H2,1H3. The van der Waals surface area contributed by atoms with Gasteiger partial charge in [0.25, 0.3) is 11.8 Å². The predicted octanol–water partition coefficient (Wildman–Crippen LogP) is 3.95. The monoisotopic (exact) mass is 404 g/mol. The number of nitrogens with zero attached hydrogens (tertiary/aromatic N) is 1. The summed E-state index contributed by atoms with van der Waals surface area (Å²) >= 11 is 12.2. The number of hydrogen-bond donors (Lipinski definition) is 1. The van der Waals surface area contributed by atoms with Gasteiger partial charge < -0.3 is 10.1 Å². The van der Waals surface area contributed by atoms with Gasteiger partial charge in [0.1, 0.15) is 10.7 Å². The van der Waals surface area contributed by atoms with E-state index >= 15 is 0 Å². The van der Waals surface area contributed by atoms with E-state index < -0.39 is 17.8 Å². The number of rotatable bonds is 5. The highest BCUT2D eigenvalue weighted by Gasteiger charge is 2.39. The minimum absolute atomic E-state index is 0.0644. The topological polar surface area (TPSA) is 75.7 Å². The van der Waals surface area contributed by atoms with Crippen LogP contribution in [0.1, 0.15) is 17.3 Å². The molecule has 2 aromatic rings. The summed E-state index contributed by atoms with van der Waals surface area (Å²) in [5, 5.41) is 2.84. The number of anilines is 2. The van der Waals surface area contributed by atoms with E-state index in [4.69, 9.17) is 27.9 Å². The molecule has 1 aliphatic heterocycles. The molecule has 2 aromatic carbocycles. The van der Waals surface area contributed by atoms with Crippen LogP contribution in [0.5, 0.6) is 0 Å². The number of benzene rings is 2. The molecule has 0 bridgehead atoms. The van der Waals surface area contributed by atoms with Gasteiger partial charge in [0.15, 0.2) is 0 Å². The Balaban J connectivity index is 1.83. The lowest BCUT2D eigenvalue weighted by atomic mass is 10.2. The first-order valence-corrected chi connectivity index (χ1v) is 8.77. The maximum atomic E-state index is 12.7. The average molecular weight is 405 g/mol. The van der Waals surface area contributed by atoms with E-state index in [0.29, 0.717) is 11.3 Å². The summed E-state index contributed by atoms with van der Waals surface area (Å²) < 4.78 is 4.92. The van der Waals surface area contributed by atoms with Crippen LogP contribution < -0.4 is 10.2 Å². The lowest BCUT2D eigenvalue weighted by Crippen LogP contribution is -2.32. The molecule has 0 spiro atoms. The number of carbonyl (C=O) groups is 3. The second kappa shape index (κ2) is 7.82. The molecule has 27 heavy (non-hydrogen) atoms. The van der Waals surface area contributed by atoms with Crippen molar-refractivity contribution in [3.63, 3.8) is 0 Å². The van der Waals surface area contributed by atoms with Crippen molar-refractivity contribution in [3.8, 4) is 0 Å². The van der Waals surface area contributed by atoms with Crippen molar-refractivity contribution in [2.24, 2.45) is 0 Å². The largest absolute Gasteiger partial charge is 0.462 e. The SMILES string of the molecule is CCOC(=O)c1ccc(NC2=C(Cl)C(=O)N(c3ccccc3Cl)C2=O)cc1. The second-order valence-electron chi connectivity index (χ2n) is 5.51. The van der Waals surface area contributed by atoms with Crippen LogP contribution >= 0.6 is 23.2 Å². The number of amides is 2. The van der Waals surface area contributed by atoms with E-state index in [-0.39, 0.29) is 28.0 Å². The zero-order valence-electron chi connectivity index (χ0n) is 14.2. The van der Waals surface area contributed by atoms with Crippen LogP contribution in [0.3, 0.4) is 0 Å². The molecular weight excluding hydrogens is 391 g/mol. The van der Waals surface area contributed by atoms with E-state index in [1.165, 1.54) is 0 Å². The van der Waals surface area contributed by atoms with Crippen molar-refractivity contribution in [2.45, 2.75) is 6.92 Å². The van der Waals surface area contributed by atoms with Gasteiger partial charge in [-0.15, -0.1) is 0 Å². The number of carbonyl (C=O) groups excluding carboxylic acids is 3. The highest BCUT2D eigenvalue weighted by atomic mass is 35.5. The number of para-hydroxylation sites is 1. The first kappa shape index (κ1) is 18.9. The van der Waals surface area contributed by atoms with Crippen LogP contribution in [0.15, 0.2) is 59.3 Å². The van der Waals surface area contributed by atoms with Crippen LogP contribution in [0.2, 0.25) is 5.02 Å². The number of ether oxygens (including phenoxy) is 1. The molecule has 1 N–H and O–H groups in total. The third-order valence-corrected chi connectivity index (χ3v) is 4.46. The second-order valence-corrected chi connectivity index (χ2v) is 6.29. The van der Waals surface area contributed by atoms with Gasteiger partial charge in [-0.25, -0.2) is 9.69 Å². The molecule has 3 rings (SSSR count). The molecule has 0 atom stereocenters. The summed E-state index contributed by atoms with van der Waals surface area (Å²) in [5.41, 5.74) is 1.04. The Morgan fingerprint density at radius 3 is 2.33 bits per heavy atom. The highest BCUT2D eigenvalue weighted by Crippen LogP contribution is 2.34. The summed E-state index contributed by atoms with van der Waals surface area (Å²) in [4.78, 5) is 37.8. The summed E-state index contributed by atoms with van der Waals surface area (Å²) in [5.74, 6) is -1.73. The molecule has 6 nitrogen and oxygen atoms in total. The van der Waals surface area contributed by atoms with E-state index in [2.05, 4.69) is 5.32 Å². The summed E-state index contributed by atoms with van der Waals surface area (Å²) in [7, 11) is 0. The molecule has 1 aliphatic rings. The van der Waals surface area contributed by atoms with Crippen molar-refractivity contribution < 1.29 is 19.1 Å². The summed E-state index contributed by atoms with van der Waals surface area (Å²) in [6.07, 6.45) is 0. The Kier molecular flexibility index (Phi) is 5.48. The van der Waals surface area contributed by atoms with Gasteiger partial charge >= 0.3 is 5.97 Å². The number of halogens is 2. The van der Waals surface area contributed by atoms with Crippen molar-refractivity contribution in [2.75, 3.05) is 16.8 Å². The molecule has 0 fully saturated rings. The normalized spacial score (nSPS) is 14.0. The number of esters is 1. The fourth-order valence-electron chi connectivity index (χ4n) is 2.51. The lowest BCUT2D eigenvalue weighted by Gasteiger charge is -2.16. The van der Waals surface area contributed by atoms with E-state index in [9.17, 15) is 14.4 Å². The van der Waals surface area contributed by atoms with Gasteiger partial charge in [-0.1, -0.05) is 35.3 Å². The Hall–Kier alpha value is -2.83. The van der Waals surface area contributed by atoms with Crippen molar-refractivity contribution >= 4 is 52.4 Å². The first-order chi connectivity index (χ1) is 12.9. The van der Waals surface area contributed by atoms with Crippen molar-refractivity contribution in [3.05, 3.63) is 69.8 Å². The molecule has 0 saturated heterocycles. The quantitative estimate of drug-likeness (QED) is 0.602. The van der Waals surface area contributed by atoms with Gasteiger partial charge in [0.05, 0.1) is 22.9 Å². The van der Waals surface area contributed by atoms with E-state index in [0.717, 1.165) is 4.90 Å². The Labute approximate surface area is 165 Å². The van der Waals surface area contributed by atoms with E-state index in [1.54, 1.807) is 55.5 Å². The lowest BCUT2D eigenvalue weighted by molar-refractivity contribution is -0.120. The predicted molar refractivity (Wildman–Crippen MR) is 103 cm³/mol. The molecule has 0 aliphatic carbocycles. The number of imide groups is 1. The van der Waals surface area contributed by atoms with Crippen LogP contribution in [0.4, 0.5) is 11.4 Å². The van der Waals surface area contributed by atoms with Gasteiger partial charge in [0, 0.05) is 5.69 Å². The van der Waals surface area contributed by atoms with Crippen molar-refractivity contribution in [1.29, 1.82) is 0 Å². The van der Waals surface area contributed by atoms with Gasteiger partial charge in [0.2, 0.25) is 0 Å². The Bertz CT molecular complexity index is 954. The maximum absolute atomic E-state index is 12.7. The number of nitrogens with one attached hydrogen (secondary N) is 1. The summed E-state index contributed by atoms with van der Waals surface area (Å²) in [6.45, 7) is 1.99. The third-order valence-electron chi connectivity index (χ3n) is 3.79. The molecule has 0 saturated carbocycles. The molecule has 2 amide bonds. The van der Waals surface area contributed by atoms with Crippen LogP contribution in [-0.4, -0.2) is 24.4 Å². The Morgan fingerprint density at radius 2 is 1.70 bits per heavy atom. The Morgan fingerprint density at radius 1 is 1.04 bits per heavy atom. The first-order valence-electron chi connectivity index (χ1n) is 8.01. The number of hydrogen-bond acceptors (Lipinski definition) is 5. The van der Waals surface area contributed by atoms with Crippen LogP contribution in [0, 0.1) is 0 Å². The molecule has 8 heteroatoms. The maximum Gasteiger partial charge on any atom is 0.338 e. The summed E-state index contributed by atoms with van der Waals surface area (Å²) in [6, 6.07) is 12.7. The fraction of sp³-hybridized carbons (Fsp3) is 0.105. The zero-order chi connectivity index (χ0) is 19.6. The van der Waals surface area contributed by atoms with Crippen LogP contribution in [0.25, 0.3) is 0 Å². The molecule has 0 radical (unpaired) electrons. The molecule has 1 heterocycles. The molecule has 0 aromatic heterocycles.